The number of ether oxygens (including phenoxy) is 1. The van der Waals surface area contributed by atoms with Gasteiger partial charge in [-0.25, -0.2) is 0 Å². The first-order valence-corrected chi connectivity index (χ1v) is 6.08. The number of hydrogen-bond donors (Lipinski definition) is 1. The van der Waals surface area contributed by atoms with Crippen LogP contribution in [-0.4, -0.2) is 67.0 Å². The van der Waals surface area contributed by atoms with Crippen molar-refractivity contribution in [2.24, 2.45) is 5.73 Å². The maximum Gasteiger partial charge on any atom is 0.239 e. The van der Waals surface area contributed by atoms with Crippen LogP contribution in [-0.2, 0) is 14.3 Å². The van der Waals surface area contributed by atoms with Crippen LogP contribution in [0.25, 0.3) is 0 Å². The Labute approximate surface area is 101 Å². The molecule has 2 saturated heterocycles. The van der Waals surface area contributed by atoms with Crippen LogP contribution in [0.2, 0.25) is 0 Å². The summed E-state index contributed by atoms with van der Waals surface area (Å²) in [6, 6.07) is -0.367. The Morgan fingerprint density at radius 2 is 2.06 bits per heavy atom. The minimum atomic E-state index is -0.367. The van der Waals surface area contributed by atoms with E-state index in [0.717, 1.165) is 0 Å². The van der Waals surface area contributed by atoms with E-state index in [9.17, 15) is 9.59 Å². The summed E-state index contributed by atoms with van der Waals surface area (Å²) in [5.41, 5.74) is 5.61. The molecule has 0 aliphatic carbocycles. The zero-order valence-corrected chi connectivity index (χ0v) is 9.93. The molecule has 0 saturated carbocycles. The maximum atomic E-state index is 11.8. The summed E-state index contributed by atoms with van der Waals surface area (Å²) in [5.74, 6) is 0.0707. The molecule has 17 heavy (non-hydrogen) atoms. The SMILES string of the molecule is NC1CCN(CCC(=O)N2CCOCC2)C1=O. The summed E-state index contributed by atoms with van der Waals surface area (Å²) >= 11 is 0. The molecule has 0 radical (unpaired) electrons. The molecule has 2 fully saturated rings. The van der Waals surface area contributed by atoms with Gasteiger partial charge in [0.05, 0.1) is 19.3 Å². The van der Waals surface area contributed by atoms with Gasteiger partial charge in [-0.05, 0) is 6.42 Å². The first-order valence-electron chi connectivity index (χ1n) is 6.08. The largest absolute Gasteiger partial charge is 0.378 e. The van der Waals surface area contributed by atoms with Gasteiger partial charge in [0.1, 0.15) is 0 Å². The second kappa shape index (κ2) is 5.46. The molecule has 0 bridgehead atoms. The van der Waals surface area contributed by atoms with Gasteiger partial charge in [-0.2, -0.15) is 0 Å². The average molecular weight is 241 g/mol. The lowest BCUT2D eigenvalue weighted by atomic mass is 10.3. The third-order valence-corrected chi connectivity index (χ3v) is 3.30. The second-order valence-corrected chi connectivity index (χ2v) is 4.46. The quantitative estimate of drug-likeness (QED) is 0.673. The molecule has 2 rings (SSSR count). The van der Waals surface area contributed by atoms with Crippen LogP contribution < -0.4 is 5.73 Å². The molecule has 2 aliphatic rings. The third kappa shape index (κ3) is 2.95. The van der Waals surface area contributed by atoms with Crippen LogP contribution >= 0.6 is 0 Å². The monoisotopic (exact) mass is 241 g/mol. The van der Waals surface area contributed by atoms with Gasteiger partial charge < -0.3 is 20.3 Å². The summed E-state index contributed by atoms with van der Waals surface area (Å²) in [6.07, 6.45) is 1.09. The number of amides is 2. The summed E-state index contributed by atoms with van der Waals surface area (Å²) in [5, 5.41) is 0. The highest BCUT2D eigenvalue weighted by Crippen LogP contribution is 2.10. The molecule has 1 unspecified atom stereocenters. The Balaban J connectivity index is 1.74. The fourth-order valence-electron chi connectivity index (χ4n) is 2.19. The molecule has 0 spiro atoms. The molecule has 2 amide bonds. The van der Waals surface area contributed by atoms with E-state index < -0.39 is 0 Å². The first-order chi connectivity index (χ1) is 8.18. The minimum absolute atomic E-state index is 0.0280. The number of likely N-dealkylation sites (tertiary alicyclic amines) is 1. The zero-order chi connectivity index (χ0) is 12.3. The topological polar surface area (TPSA) is 75.9 Å². The molecule has 2 heterocycles. The Bertz CT molecular complexity index is 302. The van der Waals surface area contributed by atoms with E-state index in [-0.39, 0.29) is 17.9 Å². The molecule has 96 valence electrons. The van der Waals surface area contributed by atoms with Crippen molar-refractivity contribution in [3.8, 4) is 0 Å². The van der Waals surface area contributed by atoms with Gasteiger partial charge in [0.25, 0.3) is 0 Å². The molecule has 6 nitrogen and oxygen atoms in total. The number of rotatable bonds is 3. The minimum Gasteiger partial charge on any atom is -0.378 e. The Kier molecular flexibility index (Phi) is 3.96. The number of nitrogens with zero attached hydrogens (tertiary/aromatic N) is 2. The van der Waals surface area contributed by atoms with Crippen molar-refractivity contribution in [3.05, 3.63) is 0 Å². The molecule has 0 aromatic rings. The second-order valence-electron chi connectivity index (χ2n) is 4.46. The van der Waals surface area contributed by atoms with Crippen molar-refractivity contribution in [3.63, 3.8) is 0 Å². The van der Waals surface area contributed by atoms with Crippen molar-refractivity contribution < 1.29 is 14.3 Å². The van der Waals surface area contributed by atoms with E-state index in [4.69, 9.17) is 10.5 Å². The molecule has 6 heteroatoms. The van der Waals surface area contributed by atoms with Crippen LogP contribution in [0.1, 0.15) is 12.8 Å². The summed E-state index contributed by atoms with van der Waals surface area (Å²) in [7, 11) is 0. The van der Waals surface area contributed by atoms with Crippen molar-refractivity contribution in [2.75, 3.05) is 39.4 Å². The highest BCUT2D eigenvalue weighted by Gasteiger charge is 2.29. The lowest BCUT2D eigenvalue weighted by Crippen LogP contribution is -2.42. The van der Waals surface area contributed by atoms with E-state index in [1.165, 1.54) is 0 Å². The average Bonchev–Trinajstić information content (AvgIpc) is 2.68. The standard InChI is InChI=1S/C11H19N3O3/c12-9-1-3-14(11(9)16)4-2-10(15)13-5-7-17-8-6-13/h9H,1-8,12H2. The van der Waals surface area contributed by atoms with E-state index in [1.54, 1.807) is 9.80 Å². The summed E-state index contributed by atoms with van der Waals surface area (Å²) < 4.78 is 5.18. The van der Waals surface area contributed by atoms with E-state index >= 15 is 0 Å². The Morgan fingerprint density at radius 3 is 2.65 bits per heavy atom. The Morgan fingerprint density at radius 1 is 1.35 bits per heavy atom. The highest BCUT2D eigenvalue weighted by molar-refractivity contribution is 5.84. The fraction of sp³-hybridized carbons (Fsp3) is 0.818. The zero-order valence-electron chi connectivity index (χ0n) is 9.93. The fourth-order valence-corrected chi connectivity index (χ4v) is 2.19. The van der Waals surface area contributed by atoms with Crippen molar-refractivity contribution in [1.29, 1.82) is 0 Å². The van der Waals surface area contributed by atoms with Gasteiger partial charge in [0, 0.05) is 32.6 Å². The van der Waals surface area contributed by atoms with Gasteiger partial charge in [-0.1, -0.05) is 0 Å². The van der Waals surface area contributed by atoms with Gasteiger partial charge in [0.15, 0.2) is 0 Å². The van der Waals surface area contributed by atoms with Crippen LogP contribution in [0.3, 0.4) is 0 Å². The lowest BCUT2D eigenvalue weighted by molar-refractivity contribution is -0.136. The van der Waals surface area contributed by atoms with Gasteiger partial charge in [-0.3, -0.25) is 9.59 Å². The number of carbonyl (C=O) groups excluding carboxylic acids is 2. The molecule has 2 aliphatic heterocycles. The van der Waals surface area contributed by atoms with E-state index in [0.29, 0.717) is 52.2 Å². The third-order valence-electron chi connectivity index (χ3n) is 3.30. The Hall–Kier alpha value is -1.14. The number of nitrogens with two attached hydrogens (primary N) is 1. The molecule has 0 aromatic heterocycles. The van der Waals surface area contributed by atoms with Crippen molar-refractivity contribution in [1.82, 2.24) is 9.80 Å². The number of morpholine rings is 1. The number of carbonyl (C=O) groups is 2. The van der Waals surface area contributed by atoms with Crippen LogP contribution in [0.5, 0.6) is 0 Å². The first kappa shape index (κ1) is 12.3. The maximum absolute atomic E-state index is 11.8. The van der Waals surface area contributed by atoms with Crippen molar-refractivity contribution in [2.45, 2.75) is 18.9 Å². The predicted octanol–water partition coefficient (Wildman–Crippen LogP) is -1.21. The van der Waals surface area contributed by atoms with Gasteiger partial charge >= 0.3 is 0 Å². The molecule has 2 N–H and O–H groups in total. The normalized spacial score (nSPS) is 25.5. The van der Waals surface area contributed by atoms with Crippen molar-refractivity contribution >= 4 is 11.8 Å². The van der Waals surface area contributed by atoms with Gasteiger partial charge in [0.2, 0.25) is 11.8 Å². The predicted molar refractivity (Wildman–Crippen MR) is 61.2 cm³/mol. The lowest BCUT2D eigenvalue weighted by Gasteiger charge is -2.27. The molecule has 1 atom stereocenters. The number of hydrogen-bond acceptors (Lipinski definition) is 4. The molecular formula is C11H19N3O3. The summed E-state index contributed by atoms with van der Waals surface area (Å²) in [6.45, 7) is 3.70. The molecular weight excluding hydrogens is 222 g/mol. The van der Waals surface area contributed by atoms with E-state index in [2.05, 4.69) is 0 Å². The van der Waals surface area contributed by atoms with E-state index in [1.807, 2.05) is 0 Å². The van der Waals surface area contributed by atoms with Gasteiger partial charge in [-0.15, -0.1) is 0 Å². The van der Waals surface area contributed by atoms with Crippen LogP contribution in [0, 0.1) is 0 Å². The highest BCUT2D eigenvalue weighted by atomic mass is 16.5. The van der Waals surface area contributed by atoms with Crippen LogP contribution in [0.15, 0.2) is 0 Å². The summed E-state index contributed by atoms with van der Waals surface area (Å²) in [4.78, 5) is 26.9. The molecule has 0 aromatic carbocycles. The van der Waals surface area contributed by atoms with Crippen LogP contribution in [0.4, 0.5) is 0 Å². The smallest absolute Gasteiger partial charge is 0.239 e.